The van der Waals surface area contributed by atoms with E-state index in [0.29, 0.717) is 12.5 Å². The zero-order valence-corrected chi connectivity index (χ0v) is 11.6. The van der Waals surface area contributed by atoms with Crippen LogP contribution in [0.4, 0.5) is 5.95 Å². The van der Waals surface area contributed by atoms with Crippen molar-refractivity contribution in [2.24, 2.45) is 5.41 Å². The first-order valence-electron chi connectivity index (χ1n) is 5.93. The molecular weight excluding hydrogens is 252 g/mol. The SMILES string of the molecule is CCNc1ncc(S(=O)(=O)NC2CC2(C)C)cn1. The Morgan fingerprint density at radius 3 is 2.39 bits per heavy atom. The van der Waals surface area contributed by atoms with E-state index in [9.17, 15) is 8.42 Å². The fourth-order valence-corrected chi connectivity index (χ4v) is 2.92. The van der Waals surface area contributed by atoms with Crippen LogP contribution in [0.5, 0.6) is 0 Å². The largest absolute Gasteiger partial charge is 0.355 e. The number of hydrogen-bond acceptors (Lipinski definition) is 5. The Balaban J connectivity index is 2.10. The molecule has 6 nitrogen and oxygen atoms in total. The molecule has 0 saturated heterocycles. The highest BCUT2D eigenvalue weighted by Gasteiger charge is 2.47. The van der Waals surface area contributed by atoms with Crippen LogP contribution in [0.15, 0.2) is 17.3 Å². The highest BCUT2D eigenvalue weighted by Crippen LogP contribution is 2.45. The van der Waals surface area contributed by atoms with Crippen LogP contribution >= 0.6 is 0 Å². The minimum atomic E-state index is -3.50. The van der Waals surface area contributed by atoms with Crippen LogP contribution in [-0.2, 0) is 10.0 Å². The van der Waals surface area contributed by atoms with Gasteiger partial charge in [0.1, 0.15) is 4.90 Å². The highest BCUT2D eigenvalue weighted by molar-refractivity contribution is 7.89. The van der Waals surface area contributed by atoms with Crippen molar-refractivity contribution >= 4 is 16.0 Å². The summed E-state index contributed by atoms with van der Waals surface area (Å²) in [5.41, 5.74) is 0.0532. The van der Waals surface area contributed by atoms with Crippen LogP contribution in [0.3, 0.4) is 0 Å². The van der Waals surface area contributed by atoms with Gasteiger partial charge in [-0.05, 0) is 18.8 Å². The fraction of sp³-hybridized carbons (Fsp3) is 0.636. The topological polar surface area (TPSA) is 84.0 Å². The van der Waals surface area contributed by atoms with Crippen LogP contribution in [-0.4, -0.2) is 31.0 Å². The molecule has 1 saturated carbocycles. The van der Waals surface area contributed by atoms with E-state index < -0.39 is 10.0 Å². The molecular formula is C11H18N4O2S. The molecule has 0 aliphatic heterocycles. The van der Waals surface area contributed by atoms with Gasteiger partial charge in [-0.1, -0.05) is 13.8 Å². The van der Waals surface area contributed by atoms with Gasteiger partial charge in [0.05, 0.1) is 12.4 Å². The third-order valence-electron chi connectivity index (χ3n) is 3.08. The second kappa shape index (κ2) is 4.47. The van der Waals surface area contributed by atoms with Crippen LogP contribution in [0.1, 0.15) is 27.2 Å². The predicted octanol–water partition coefficient (Wildman–Crippen LogP) is 0.985. The maximum atomic E-state index is 12.0. The second-order valence-electron chi connectivity index (χ2n) is 5.14. The summed E-state index contributed by atoms with van der Waals surface area (Å²) in [7, 11) is -3.50. The molecule has 1 aliphatic rings. The second-order valence-corrected chi connectivity index (χ2v) is 6.85. The molecule has 1 aliphatic carbocycles. The zero-order valence-electron chi connectivity index (χ0n) is 10.8. The average Bonchev–Trinajstić information content (AvgIpc) is 2.86. The lowest BCUT2D eigenvalue weighted by molar-refractivity contribution is 0.554. The third-order valence-corrected chi connectivity index (χ3v) is 4.51. The molecule has 1 atom stereocenters. The maximum absolute atomic E-state index is 12.0. The molecule has 1 unspecified atom stereocenters. The van der Waals surface area contributed by atoms with Crippen LogP contribution < -0.4 is 10.0 Å². The van der Waals surface area contributed by atoms with E-state index in [1.54, 1.807) is 0 Å². The molecule has 1 aromatic rings. The van der Waals surface area contributed by atoms with Crippen LogP contribution in [0.25, 0.3) is 0 Å². The zero-order chi connectivity index (χ0) is 13.4. The van der Waals surface area contributed by atoms with Crippen molar-refractivity contribution in [3.05, 3.63) is 12.4 Å². The lowest BCUT2D eigenvalue weighted by Crippen LogP contribution is -2.28. The number of hydrogen-bond donors (Lipinski definition) is 2. The summed E-state index contributed by atoms with van der Waals surface area (Å²) in [6, 6.07) is 0.0101. The number of aromatic nitrogens is 2. The van der Waals surface area contributed by atoms with Gasteiger partial charge in [0.25, 0.3) is 0 Å². The van der Waals surface area contributed by atoms with Gasteiger partial charge in [-0.3, -0.25) is 0 Å². The maximum Gasteiger partial charge on any atom is 0.243 e. The summed E-state index contributed by atoms with van der Waals surface area (Å²) >= 11 is 0. The van der Waals surface area contributed by atoms with E-state index in [4.69, 9.17) is 0 Å². The highest BCUT2D eigenvalue weighted by atomic mass is 32.2. The summed E-state index contributed by atoms with van der Waals surface area (Å²) in [6.07, 6.45) is 3.51. The van der Waals surface area contributed by atoms with Gasteiger partial charge in [0, 0.05) is 12.6 Å². The smallest absolute Gasteiger partial charge is 0.243 e. The Kier molecular flexibility index (Phi) is 3.29. The lowest BCUT2D eigenvalue weighted by atomic mass is 10.2. The molecule has 0 bridgehead atoms. The van der Waals surface area contributed by atoms with Gasteiger partial charge in [-0.25, -0.2) is 23.1 Å². The number of rotatable bonds is 5. The number of nitrogens with one attached hydrogen (secondary N) is 2. The van der Waals surface area contributed by atoms with Crippen molar-refractivity contribution in [3.8, 4) is 0 Å². The summed E-state index contributed by atoms with van der Waals surface area (Å²) in [6.45, 7) is 6.68. The van der Waals surface area contributed by atoms with E-state index in [-0.39, 0.29) is 16.4 Å². The van der Waals surface area contributed by atoms with Crippen molar-refractivity contribution in [2.75, 3.05) is 11.9 Å². The molecule has 0 amide bonds. The minimum Gasteiger partial charge on any atom is -0.355 e. The molecule has 1 fully saturated rings. The van der Waals surface area contributed by atoms with Gasteiger partial charge in [-0.2, -0.15) is 0 Å². The molecule has 0 aromatic carbocycles. The standard InChI is InChI=1S/C11H18N4O2S/c1-4-12-10-13-6-8(7-14-10)18(16,17)15-9-5-11(9,2)3/h6-7,9,15H,4-5H2,1-3H3,(H,12,13,14). The van der Waals surface area contributed by atoms with Crippen molar-refractivity contribution in [3.63, 3.8) is 0 Å². The van der Waals surface area contributed by atoms with Gasteiger partial charge in [0.15, 0.2) is 0 Å². The first kappa shape index (κ1) is 13.2. The Labute approximate surface area is 107 Å². The van der Waals surface area contributed by atoms with Crippen molar-refractivity contribution in [2.45, 2.75) is 38.1 Å². The summed E-state index contributed by atoms with van der Waals surface area (Å²) < 4.78 is 26.7. The van der Waals surface area contributed by atoms with Gasteiger partial charge < -0.3 is 5.32 Å². The monoisotopic (exact) mass is 270 g/mol. The molecule has 1 heterocycles. The summed E-state index contributed by atoms with van der Waals surface area (Å²) in [4.78, 5) is 8.02. The third kappa shape index (κ3) is 2.78. The Morgan fingerprint density at radius 2 is 1.94 bits per heavy atom. The Morgan fingerprint density at radius 1 is 1.39 bits per heavy atom. The fourth-order valence-electron chi connectivity index (χ4n) is 1.63. The average molecular weight is 270 g/mol. The van der Waals surface area contributed by atoms with Crippen molar-refractivity contribution in [1.29, 1.82) is 0 Å². The molecule has 100 valence electrons. The number of sulfonamides is 1. The first-order chi connectivity index (χ1) is 8.35. The van der Waals surface area contributed by atoms with Crippen LogP contribution in [0.2, 0.25) is 0 Å². The van der Waals surface area contributed by atoms with Crippen LogP contribution in [0, 0.1) is 5.41 Å². The summed E-state index contributed by atoms with van der Waals surface area (Å²) in [5.74, 6) is 0.434. The predicted molar refractivity (Wildman–Crippen MR) is 68.7 cm³/mol. The molecule has 2 rings (SSSR count). The summed E-state index contributed by atoms with van der Waals surface area (Å²) in [5, 5.41) is 2.91. The quantitative estimate of drug-likeness (QED) is 0.833. The molecule has 2 N–H and O–H groups in total. The number of nitrogens with zero attached hydrogens (tertiary/aromatic N) is 2. The van der Waals surface area contributed by atoms with Gasteiger partial charge in [0.2, 0.25) is 16.0 Å². The lowest BCUT2D eigenvalue weighted by Gasteiger charge is -2.08. The molecule has 18 heavy (non-hydrogen) atoms. The van der Waals surface area contributed by atoms with E-state index in [2.05, 4.69) is 20.0 Å². The number of anilines is 1. The first-order valence-corrected chi connectivity index (χ1v) is 7.42. The van der Waals surface area contributed by atoms with Gasteiger partial charge >= 0.3 is 0 Å². The Hall–Kier alpha value is -1.21. The van der Waals surface area contributed by atoms with E-state index in [1.165, 1.54) is 12.4 Å². The molecule has 0 spiro atoms. The molecule has 7 heteroatoms. The minimum absolute atomic E-state index is 0.0101. The Bertz CT molecular complexity index is 524. The molecule has 1 aromatic heterocycles. The van der Waals surface area contributed by atoms with E-state index in [0.717, 1.165) is 6.42 Å². The molecule has 0 radical (unpaired) electrons. The van der Waals surface area contributed by atoms with E-state index >= 15 is 0 Å². The van der Waals surface area contributed by atoms with Crippen molar-refractivity contribution in [1.82, 2.24) is 14.7 Å². The van der Waals surface area contributed by atoms with Gasteiger partial charge in [-0.15, -0.1) is 0 Å². The normalized spacial score (nSPS) is 21.6. The van der Waals surface area contributed by atoms with E-state index in [1.807, 2.05) is 20.8 Å². The van der Waals surface area contributed by atoms with Crippen molar-refractivity contribution < 1.29 is 8.42 Å².